The third-order valence-electron chi connectivity index (χ3n) is 2.57. The first-order valence-corrected chi connectivity index (χ1v) is 5.16. The second kappa shape index (κ2) is 4.58. The van der Waals surface area contributed by atoms with Gasteiger partial charge in [0.25, 0.3) is 11.5 Å². The number of aromatic amines is 1. The van der Waals surface area contributed by atoms with E-state index in [1.54, 1.807) is 20.8 Å². The summed E-state index contributed by atoms with van der Waals surface area (Å²) >= 11 is 0. The zero-order valence-electron chi connectivity index (χ0n) is 9.94. The summed E-state index contributed by atoms with van der Waals surface area (Å²) in [4.78, 5) is 25.0. The van der Waals surface area contributed by atoms with Crippen LogP contribution in [0, 0.1) is 0 Å². The Morgan fingerprint density at radius 1 is 1.47 bits per heavy atom. The average Bonchev–Trinajstić information content (AvgIpc) is 2.15. The van der Waals surface area contributed by atoms with E-state index in [2.05, 4.69) is 10.3 Å². The monoisotopic (exact) mass is 240 g/mol. The maximum absolute atomic E-state index is 11.8. The van der Waals surface area contributed by atoms with Gasteiger partial charge in [-0.1, -0.05) is 0 Å². The van der Waals surface area contributed by atoms with Crippen molar-refractivity contribution in [2.75, 3.05) is 0 Å². The van der Waals surface area contributed by atoms with Crippen molar-refractivity contribution in [1.29, 1.82) is 0 Å². The summed E-state index contributed by atoms with van der Waals surface area (Å²) < 4.78 is 0. The Balaban J connectivity index is 2.95. The number of carbonyl (C=O) groups excluding carboxylic acids is 1. The quantitative estimate of drug-likeness (QED) is 0.595. The van der Waals surface area contributed by atoms with Crippen LogP contribution in [0.2, 0.25) is 0 Å². The van der Waals surface area contributed by atoms with Crippen LogP contribution in [0.3, 0.4) is 0 Å². The summed E-state index contributed by atoms with van der Waals surface area (Å²) in [5.41, 5.74) is -1.35. The fourth-order valence-electron chi connectivity index (χ4n) is 1.13. The molecule has 6 nitrogen and oxygen atoms in total. The van der Waals surface area contributed by atoms with E-state index in [4.69, 9.17) is 5.11 Å². The van der Waals surface area contributed by atoms with Crippen molar-refractivity contribution in [2.45, 2.75) is 32.4 Å². The molecule has 0 spiro atoms. The molecule has 0 aromatic carbocycles. The summed E-state index contributed by atoms with van der Waals surface area (Å²) in [7, 11) is 0. The number of hydrogen-bond acceptors (Lipinski definition) is 4. The molecule has 0 saturated heterocycles. The van der Waals surface area contributed by atoms with Crippen LogP contribution in [0.25, 0.3) is 0 Å². The number of aliphatic hydroxyl groups is 1. The normalized spacial score (nSPS) is 13.2. The molecule has 17 heavy (non-hydrogen) atoms. The van der Waals surface area contributed by atoms with E-state index in [1.807, 2.05) is 0 Å². The Bertz CT molecular complexity index is 477. The van der Waals surface area contributed by atoms with E-state index in [9.17, 15) is 14.7 Å². The number of rotatable bonds is 3. The van der Waals surface area contributed by atoms with Gasteiger partial charge in [0, 0.05) is 12.1 Å². The van der Waals surface area contributed by atoms with Crippen LogP contribution in [-0.2, 0) is 0 Å². The first kappa shape index (κ1) is 13.2. The van der Waals surface area contributed by atoms with Crippen molar-refractivity contribution in [3.63, 3.8) is 0 Å². The number of aromatic hydroxyl groups is 1. The molecule has 0 aliphatic heterocycles. The Kier molecular flexibility index (Phi) is 3.57. The van der Waals surface area contributed by atoms with Crippen LogP contribution < -0.4 is 10.9 Å². The third-order valence-corrected chi connectivity index (χ3v) is 2.57. The number of H-pyrrole nitrogens is 1. The predicted octanol–water partition coefficient (Wildman–Crippen LogP) is -0.0303. The molecule has 0 aliphatic carbocycles. The number of amides is 1. The highest BCUT2D eigenvalue weighted by Gasteiger charge is 2.26. The zero-order chi connectivity index (χ0) is 13.2. The van der Waals surface area contributed by atoms with E-state index >= 15 is 0 Å². The Morgan fingerprint density at radius 3 is 2.53 bits per heavy atom. The van der Waals surface area contributed by atoms with Crippen molar-refractivity contribution in [2.24, 2.45) is 0 Å². The molecule has 4 N–H and O–H groups in total. The van der Waals surface area contributed by atoms with Gasteiger partial charge >= 0.3 is 0 Å². The lowest BCUT2D eigenvalue weighted by Gasteiger charge is -2.29. The Morgan fingerprint density at radius 2 is 2.06 bits per heavy atom. The lowest BCUT2D eigenvalue weighted by atomic mass is 9.98. The molecule has 0 saturated carbocycles. The van der Waals surface area contributed by atoms with Gasteiger partial charge in [-0.05, 0) is 20.8 Å². The minimum Gasteiger partial charge on any atom is -0.494 e. The fourth-order valence-corrected chi connectivity index (χ4v) is 1.13. The van der Waals surface area contributed by atoms with E-state index < -0.39 is 23.1 Å². The molecule has 94 valence electrons. The highest BCUT2D eigenvalue weighted by molar-refractivity contribution is 5.94. The lowest BCUT2D eigenvalue weighted by molar-refractivity contribution is 0.0709. The van der Waals surface area contributed by atoms with Crippen molar-refractivity contribution >= 4 is 5.91 Å². The summed E-state index contributed by atoms with van der Waals surface area (Å²) in [6.45, 7) is 4.86. The van der Waals surface area contributed by atoms with E-state index in [1.165, 1.54) is 0 Å². The molecule has 6 heteroatoms. The smallest absolute Gasteiger partial charge is 0.252 e. The number of carbonyl (C=O) groups is 1. The van der Waals surface area contributed by atoms with Crippen LogP contribution >= 0.6 is 0 Å². The Labute approximate surface area is 98.3 Å². The van der Waals surface area contributed by atoms with Gasteiger partial charge in [0.1, 0.15) is 0 Å². The number of nitrogens with one attached hydrogen (secondary N) is 2. The number of aromatic nitrogens is 1. The van der Waals surface area contributed by atoms with Gasteiger partial charge in [-0.15, -0.1) is 0 Å². The number of hydrogen-bond donors (Lipinski definition) is 4. The largest absolute Gasteiger partial charge is 0.494 e. The maximum Gasteiger partial charge on any atom is 0.252 e. The maximum atomic E-state index is 11.8. The third kappa shape index (κ3) is 3.32. The molecule has 0 fully saturated rings. The van der Waals surface area contributed by atoms with E-state index in [0.29, 0.717) is 0 Å². The van der Waals surface area contributed by atoms with Crippen LogP contribution in [0.5, 0.6) is 5.88 Å². The number of pyridine rings is 1. The van der Waals surface area contributed by atoms with Gasteiger partial charge in [0.05, 0.1) is 17.2 Å². The minimum absolute atomic E-state index is 0.0416. The Hall–Kier alpha value is -1.82. The van der Waals surface area contributed by atoms with Gasteiger partial charge in [-0.3, -0.25) is 14.6 Å². The molecular weight excluding hydrogens is 224 g/mol. The summed E-state index contributed by atoms with van der Waals surface area (Å²) in [6.07, 6.45) is -0.748. The van der Waals surface area contributed by atoms with Gasteiger partial charge in [0.15, 0.2) is 5.88 Å². The molecule has 1 atom stereocenters. The fraction of sp³-hybridized carbons (Fsp3) is 0.455. The molecule has 1 aromatic heterocycles. The second-order valence-electron chi connectivity index (χ2n) is 4.47. The summed E-state index contributed by atoms with van der Waals surface area (Å²) in [5.74, 6) is -0.908. The van der Waals surface area contributed by atoms with Crippen LogP contribution in [-0.4, -0.2) is 32.7 Å². The van der Waals surface area contributed by atoms with Gasteiger partial charge in [-0.2, -0.15) is 0 Å². The molecule has 1 unspecified atom stereocenters. The molecule has 0 aliphatic rings. The average molecular weight is 240 g/mol. The van der Waals surface area contributed by atoms with Crippen LogP contribution in [0.1, 0.15) is 31.1 Å². The first-order valence-electron chi connectivity index (χ1n) is 5.16. The van der Waals surface area contributed by atoms with Gasteiger partial charge in [-0.25, -0.2) is 0 Å². The molecule has 0 bridgehead atoms. The van der Waals surface area contributed by atoms with Crippen molar-refractivity contribution in [3.05, 3.63) is 28.0 Å². The molecule has 1 heterocycles. The molecule has 1 rings (SSSR count). The summed E-state index contributed by atoms with van der Waals surface area (Å²) in [5, 5.41) is 21.2. The standard InChI is InChI=1S/C11H16N2O4/c1-6(14)11(2,3)13-10(17)7-4-8(15)12-9(16)5-7/h4-6,14H,1-3H3,(H,13,17)(H2,12,15,16). The minimum atomic E-state index is -0.824. The van der Waals surface area contributed by atoms with Crippen molar-refractivity contribution in [1.82, 2.24) is 10.3 Å². The van der Waals surface area contributed by atoms with E-state index in [0.717, 1.165) is 12.1 Å². The van der Waals surface area contributed by atoms with Gasteiger partial charge < -0.3 is 15.5 Å². The number of aliphatic hydroxyl groups excluding tert-OH is 1. The van der Waals surface area contributed by atoms with Crippen molar-refractivity contribution < 1.29 is 15.0 Å². The first-order chi connectivity index (χ1) is 7.72. The highest BCUT2D eigenvalue weighted by Crippen LogP contribution is 2.11. The summed E-state index contributed by atoms with van der Waals surface area (Å²) in [6, 6.07) is 2.22. The molecule has 0 radical (unpaired) electrons. The second-order valence-corrected chi connectivity index (χ2v) is 4.47. The topological polar surface area (TPSA) is 102 Å². The van der Waals surface area contributed by atoms with Crippen molar-refractivity contribution in [3.8, 4) is 5.88 Å². The lowest BCUT2D eigenvalue weighted by Crippen LogP contribution is -2.51. The molecule has 1 aromatic rings. The molecular formula is C11H16N2O4. The molecule has 1 amide bonds. The van der Waals surface area contributed by atoms with Crippen LogP contribution in [0.15, 0.2) is 16.9 Å². The SMILES string of the molecule is CC(O)C(C)(C)NC(=O)c1cc(O)[nH]c(=O)c1. The predicted molar refractivity (Wildman–Crippen MR) is 62.0 cm³/mol. The van der Waals surface area contributed by atoms with E-state index in [-0.39, 0.29) is 11.4 Å². The zero-order valence-corrected chi connectivity index (χ0v) is 9.94. The van der Waals surface area contributed by atoms with Gasteiger partial charge in [0.2, 0.25) is 0 Å². The highest BCUT2D eigenvalue weighted by atomic mass is 16.3. The van der Waals surface area contributed by atoms with Crippen LogP contribution in [0.4, 0.5) is 0 Å².